The lowest BCUT2D eigenvalue weighted by Crippen LogP contribution is -2.37. The summed E-state index contributed by atoms with van der Waals surface area (Å²) in [5.74, 6) is 0.851. The Kier molecular flexibility index (Phi) is 3.03. The molecule has 0 aromatic carbocycles. The summed E-state index contributed by atoms with van der Waals surface area (Å²) in [6.07, 6.45) is 6.38. The number of hydrogen-bond acceptors (Lipinski definition) is 3. The van der Waals surface area contributed by atoms with Crippen LogP contribution < -0.4 is 11.1 Å². The van der Waals surface area contributed by atoms with Crippen molar-refractivity contribution < 1.29 is 0 Å². The molecule has 3 nitrogen and oxygen atoms in total. The highest BCUT2D eigenvalue weighted by atomic mass is 15.1. The van der Waals surface area contributed by atoms with E-state index in [1.807, 2.05) is 19.1 Å². The second-order valence-corrected chi connectivity index (χ2v) is 5.14. The summed E-state index contributed by atoms with van der Waals surface area (Å²) in [5, 5.41) is 3.53. The van der Waals surface area contributed by atoms with Crippen molar-refractivity contribution in [2.75, 3.05) is 11.1 Å². The van der Waals surface area contributed by atoms with Crippen LogP contribution in [0.2, 0.25) is 0 Å². The van der Waals surface area contributed by atoms with E-state index in [1.54, 1.807) is 0 Å². The van der Waals surface area contributed by atoms with E-state index in [0.29, 0.717) is 0 Å². The zero-order valence-corrected chi connectivity index (χ0v) is 10.2. The van der Waals surface area contributed by atoms with Crippen molar-refractivity contribution in [1.82, 2.24) is 4.98 Å². The summed E-state index contributed by atoms with van der Waals surface area (Å²) in [5.41, 5.74) is 7.87. The number of hydrogen-bond donors (Lipinski definition) is 2. The molecular weight excluding hydrogens is 198 g/mol. The van der Waals surface area contributed by atoms with Gasteiger partial charge in [0, 0.05) is 11.2 Å². The van der Waals surface area contributed by atoms with E-state index < -0.39 is 0 Å². The smallest absolute Gasteiger partial charge is 0.149 e. The Balaban J connectivity index is 2.15. The molecule has 88 valence electrons. The van der Waals surface area contributed by atoms with Crippen LogP contribution in [0.5, 0.6) is 0 Å². The number of rotatable bonds is 2. The van der Waals surface area contributed by atoms with Gasteiger partial charge in [0.15, 0.2) is 0 Å². The van der Waals surface area contributed by atoms with Crippen LogP contribution in [0.3, 0.4) is 0 Å². The summed E-state index contributed by atoms with van der Waals surface area (Å²) in [4.78, 5) is 4.48. The summed E-state index contributed by atoms with van der Waals surface area (Å²) >= 11 is 0. The highest BCUT2D eigenvalue weighted by molar-refractivity contribution is 5.62. The molecule has 3 heteroatoms. The minimum atomic E-state index is 0.174. The van der Waals surface area contributed by atoms with E-state index in [-0.39, 0.29) is 5.54 Å². The average molecular weight is 219 g/mol. The zero-order chi connectivity index (χ0) is 11.6. The molecule has 1 fully saturated rings. The molecule has 0 atom stereocenters. The van der Waals surface area contributed by atoms with Crippen LogP contribution >= 0.6 is 0 Å². The number of anilines is 2. The Morgan fingerprint density at radius 2 is 1.94 bits per heavy atom. The van der Waals surface area contributed by atoms with E-state index in [0.717, 1.165) is 17.2 Å². The summed E-state index contributed by atoms with van der Waals surface area (Å²) < 4.78 is 0. The van der Waals surface area contributed by atoms with Crippen molar-refractivity contribution >= 4 is 11.5 Å². The fourth-order valence-corrected chi connectivity index (χ4v) is 2.41. The third kappa shape index (κ3) is 2.46. The van der Waals surface area contributed by atoms with Gasteiger partial charge in [-0.25, -0.2) is 4.98 Å². The molecule has 1 aromatic rings. The number of aryl methyl sites for hydroxylation is 1. The number of nitrogens with one attached hydrogen (secondary N) is 1. The first-order valence-corrected chi connectivity index (χ1v) is 6.10. The van der Waals surface area contributed by atoms with Gasteiger partial charge < -0.3 is 11.1 Å². The Labute approximate surface area is 97.5 Å². The number of aromatic nitrogens is 1. The third-order valence-corrected chi connectivity index (χ3v) is 3.44. The van der Waals surface area contributed by atoms with Crippen LogP contribution in [0.1, 0.15) is 44.7 Å². The van der Waals surface area contributed by atoms with Crippen molar-refractivity contribution in [3.8, 4) is 0 Å². The van der Waals surface area contributed by atoms with Gasteiger partial charge in [-0.05, 0) is 38.8 Å². The molecule has 0 spiro atoms. The van der Waals surface area contributed by atoms with Gasteiger partial charge in [-0.1, -0.05) is 19.3 Å². The van der Waals surface area contributed by atoms with E-state index >= 15 is 0 Å². The molecule has 1 heterocycles. The van der Waals surface area contributed by atoms with Crippen molar-refractivity contribution in [3.05, 3.63) is 17.8 Å². The lowest BCUT2D eigenvalue weighted by molar-refractivity contribution is 0.348. The number of pyridine rings is 1. The molecule has 2 rings (SSSR count). The molecule has 0 amide bonds. The van der Waals surface area contributed by atoms with E-state index in [2.05, 4.69) is 17.2 Å². The summed E-state index contributed by atoms with van der Waals surface area (Å²) in [7, 11) is 0. The molecule has 0 saturated heterocycles. The van der Waals surface area contributed by atoms with E-state index in [9.17, 15) is 0 Å². The Morgan fingerprint density at radius 1 is 1.25 bits per heavy atom. The van der Waals surface area contributed by atoms with Gasteiger partial charge >= 0.3 is 0 Å². The normalized spacial score (nSPS) is 19.4. The number of nitrogens with zero attached hydrogens (tertiary/aromatic N) is 1. The fourth-order valence-electron chi connectivity index (χ4n) is 2.41. The van der Waals surface area contributed by atoms with Crippen molar-refractivity contribution in [2.24, 2.45) is 0 Å². The predicted molar refractivity (Wildman–Crippen MR) is 68.5 cm³/mol. The minimum Gasteiger partial charge on any atom is -0.396 e. The van der Waals surface area contributed by atoms with Crippen LogP contribution in [0.4, 0.5) is 11.5 Å². The van der Waals surface area contributed by atoms with Crippen LogP contribution in [0.25, 0.3) is 0 Å². The fraction of sp³-hybridized carbons (Fsp3) is 0.615. The highest BCUT2D eigenvalue weighted by Gasteiger charge is 2.27. The second-order valence-electron chi connectivity index (χ2n) is 5.14. The third-order valence-electron chi connectivity index (χ3n) is 3.44. The molecule has 1 aliphatic carbocycles. The molecule has 1 aliphatic rings. The van der Waals surface area contributed by atoms with Gasteiger partial charge in [0.1, 0.15) is 5.82 Å². The Morgan fingerprint density at radius 3 is 2.62 bits per heavy atom. The number of nitrogens with two attached hydrogens (primary N) is 1. The standard InChI is InChI=1S/C13H21N3/c1-10-6-7-11(14)12(15-10)16-13(2)8-4-3-5-9-13/h6-7H,3-5,8-9,14H2,1-2H3,(H,15,16). The number of nitrogen functional groups attached to an aromatic ring is 1. The van der Waals surface area contributed by atoms with Gasteiger partial charge in [-0.15, -0.1) is 0 Å². The van der Waals surface area contributed by atoms with E-state index in [1.165, 1.54) is 32.1 Å². The maximum atomic E-state index is 5.94. The first kappa shape index (κ1) is 11.2. The van der Waals surface area contributed by atoms with Crippen LogP contribution in [-0.2, 0) is 0 Å². The van der Waals surface area contributed by atoms with Crippen molar-refractivity contribution in [2.45, 2.75) is 51.5 Å². The minimum absolute atomic E-state index is 0.174. The van der Waals surface area contributed by atoms with Crippen LogP contribution in [0, 0.1) is 6.92 Å². The molecule has 1 aromatic heterocycles. The quantitative estimate of drug-likeness (QED) is 0.803. The average Bonchev–Trinajstić information content (AvgIpc) is 2.24. The van der Waals surface area contributed by atoms with Gasteiger partial charge in [0.25, 0.3) is 0 Å². The van der Waals surface area contributed by atoms with Crippen molar-refractivity contribution in [1.29, 1.82) is 0 Å². The summed E-state index contributed by atoms with van der Waals surface area (Å²) in [6.45, 7) is 4.27. The highest BCUT2D eigenvalue weighted by Crippen LogP contribution is 2.32. The van der Waals surface area contributed by atoms with Crippen LogP contribution in [-0.4, -0.2) is 10.5 Å². The van der Waals surface area contributed by atoms with Crippen molar-refractivity contribution in [3.63, 3.8) is 0 Å². The Bertz CT molecular complexity index is 367. The molecule has 16 heavy (non-hydrogen) atoms. The first-order valence-electron chi connectivity index (χ1n) is 6.10. The second kappa shape index (κ2) is 4.32. The van der Waals surface area contributed by atoms with Crippen LogP contribution in [0.15, 0.2) is 12.1 Å². The monoisotopic (exact) mass is 219 g/mol. The largest absolute Gasteiger partial charge is 0.396 e. The van der Waals surface area contributed by atoms with E-state index in [4.69, 9.17) is 5.73 Å². The molecule has 0 aliphatic heterocycles. The Hall–Kier alpha value is -1.25. The molecule has 0 bridgehead atoms. The maximum Gasteiger partial charge on any atom is 0.149 e. The van der Waals surface area contributed by atoms with Gasteiger partial charge in [0.2, 0.25) is 0 Å². The molecular formula is C13H21N3. The SMILES string of the molecule is Cc1ccc(N)c(NC2(C)CCCCC2)n1. The summed E-state index contributed by atoms with van der Waals surface area (Å²) in [6, 6.07) is 3.88. The molecule has 3 N–H and O–H groups in total. The lowest BCUT2D eigenvalue weighted by Gasteiger charge is -2.35. The topological polar surface area (TPSA) is 50.9 Å². The molecule has 0 unspecified atom stereocenters. The molecule has 0 radical (unpaired) electrons. The lowest BCUT2D eigenvalue weighted by atomic mass is 9.83. The zero-order valence-electron chi connectivity index (χ0n) is 10.2. The van der Waals surface area contributed by atoms with Gasteiger partial charge in [-0.3, -0.25) is 0 Å². The van der Waals surface area contributed by atoms with Gasteiger partial charge in [-0.2, -0.15) is 0 Å². The predicted octanol–water partition coefficient (Wildman–Crippen LogP) is 3.11. The molecule has 1 saturated carbocycles. The maximum absolute atomic E-state index is 5.94. The van der Waals surface area contributed by atoms with Gasteiger partial charge in [0.05, 0.1) is 5.69 Å². The first-order chi connectivity index (χ1) is 7.59.